The van der Waals surface area contributed by atoms with Crippen LogP contribution in [0.25, 0.3) is 0 Å². The van der Waals surface area contributed by atoms with Crippen molar-refractivity contribution < 1.29 is 0 Å². The molecule has 1 atom stereocenters. The number of hydrogen-bond donors (Lipinski definition) is 0. The van der Waals surface area contributed by atoms with Crippen LogP contribution in [0.5, 0.6) is 0 Å². The molecule has 1 aliphatic carbocycles. The van der Waals surface area contributed by atoms with E-state index < -0.39 is 0 Å². The Hall–Kier alpha value is -0.780. The van der Waals surface area contributed by atoms with Gasteiger partial charge in [-0.1, -0.05) is 30.4 Å². The van der Waals surface area contributed by atoms with Gasteiger partial charge in [0.15, 0.2) is 0 Å². The smallest absolute Gasteiger partial charge is 0.0125 e. The van der Waals surface area contributed by atoms with Crippen molar-refractivity contribution in [2.45, 2.75) is 33.1 Å². The minimum Gasteiger partial charge on any atom is -0.0958 e. The van der Waals surface area contributed by atoms with Gasteiger partial charge >= 0.3 is 0 Å². The number of rotatable bonds is 2. The van der Waals surface area contributed by atoms with E-state index in [2.05, 4.69) is 33.1 Å². The molecule has 0 amide bonds. The monoisotopic (exact) mass is 162 g/mol. The predicted octanol–water partition coefficient (Wildman–Crippen LogP) is 3.87. The molecule has 1 aliphatic rings. The van der Waals surface area contributed by atoms with E-state index in [1.807, 2.05) is 0 Å². The molecule has 0 fully saturated rings. The Bertz CT molecular complexity index is 230. The molecule has 0 spiro atoms. The maximum Gasteiger partial charge on any atom is -0.0125 e. The highest BCUT2D eigenvalue weighted by atomic mass is 14.2. The largest absolute Gasteiger partial charge is 0.0958 e. The molecule has 0 saturated carbocycles. The average Bonchev–Trinajstić information content (AvgIpc) is 2.03. The van der Waals surface area contributed by atoms with Crippen LogP contribution in [0.2, 0.25) is 0 Å². The van der Waals surface area contributed by atoms with Gasteiger partial charge < -0.3 is 0 Å². The molecule has 0 nitrogen and oxygen atoms in total. The molecule has 0 aromatic rings. The van der Waals surface area contributed by atoms with Crippen LogP contribution in [-0.4, -0.2) is 0 Å². The van der Waals surface area contributed by atoms with Crippen molar-refractivity contribution in [1.29, 1.82) is 0 Å². The third kappa shape index (κ3) is 2.10. The minimum atomic E-state index is 0.660. The van der Waals surface area contributed by atoms with Crippen molar-refractivity contribution in [3.8, 4) is 0 Å². The molecule has 0 saturated heterocycles. The number of hydrogen-bond acceptors (Lipinski definition) is 0. The summed E-state index contributed by atoms with van der Waals surface area (Å²) in [6, 6.07) is 0. The molecule has 0 heterocycles. The maximum absolute atomic E-state index is 4.09. The van der Waals surface area contributed by atoms with Crippen LogP contribution in [0.15, 0.2) is 36.0 Å². The molecule has 0 radical (unpaired) electrons. The Morgan fingerprint density at radius 1 is 1.50 bits per heavy atom. The second kappa shape index (κ2) is 3.75. The first-order chi connectivity index (χ1) is 5.61. The van der Waals surface area contributed by atoms with E-state index >= 15 is 0 Å². The Morgan fingerprint density at radius 3 is 2.67 bits per heavy atom. The molecule has 12 heavy (non-hydrogen) atoms. The zero-order valence-electron chi connectivity index (χ0n) is 8.19. The predicted molar refractivity (Wildman–Crippen MR) is 55.1 cm³/mol. The first kappa shape index (κ1) is 9.31. The van der Waals surface area contributed by atoms with Crippen molar-refractivity contribution in [3.05, 3.63) is 36.0 Å². The summed E-state index contributed by atoms with van der Waals surface area (Å²) in [6.07, 6.45) is 5.99. The van der Waals surface area contributed by atoms with Gasteiger partial charge in [-0.2, -0.15) is 0 Å². The molecule has 66 valence electrons. The lowest BCUT2D eigenvalue weighted by Gasteiger charge is -2.23. The Kier molecular flexibility index (Phi) is 2.91. The van der Waals surface area contributed by atoms with E-state index in [1.165, 1.54) is 30.4 Å². The van der Waals surface area contributed by atoms with Gasteiger partial charge in [0.2, 0.25) is 0 Å². The van der Waals surface area contributed by atoms with Crippen LogP contribution in [0.1, 0.15) is 33.1 Å². The average molecular weight is 162 g/mol. The molecule has 1 rings (SSSR count). The second-order valence-corrected chi connectivity index (χ2v) is 3.83. The van der Waals surface area contributed by atoms with Crippen molar-refractivity contribution in [2.75, 3.05) is 0 Å². The van der Waals surface area contributed by atoms with E-state index in [1.54, 1.807) is 0 Å². The molecule has 0 aromatic carbocycles. The van der Waals surface area contributed by atoms with Crippen molar-refractivity contribution >= 4 is 0 Å². The molecular weight excluding hydrogens is 144 g/mol. The van der Waals surface area contributed by atoms with E-state index in [9.17, 15) is 0 Å². The highest BCUT2D eigenvalue weighted by Gasteiger charge is 2.16. The zero-order valence-corrected chi connectivity index (χ0v) is 8.19. The quantitative estimate of drug-likeness (QED) is 0.427. The summed E-state index contributed by atoms with van der Waals surface area (Å²) in [5.41, 5.74) is 3.91. The number of allylic oxidation sites excluding steroid dienone is 4. The van der Waals surface area contributed by atoms with Crippen LogP contribution in [-0.2, 0) is 0 Å². The zero-order chi connectivity index (χ0) is 9.14. The summed E-state index contributed by atoms with van der Waals surface area (Å²) in [7, 11) is 0. The molecule has 0 N–H and O–H groups in total. The summed E-state index contributed by atoms with van der Waals surface area (Å²) in [6.45, 7) is 12.3. The highest BCUT2D eigenvalue weighted by molar-refractivity contribution is 5.28. The fourth-order valence-electron chi connectivity index (χ4n) is 1.75. The summed E-state index contributed by atoms with van der Waals surface area (Å²) in [5, 5.41) is 0. The summed E-state index contributed by atoms with van der Waals surface area (Å²) >= 11 is 0. The van der Waals surface area contributed by atoms with Crippen LogP contribution in [0.3, 0.4) is 0 Å². The lowest BCUT2D eigenvalue weighted by Crippen LogP contribution is -2.08. The van der Waals surface area contributed by atoms with Crippen LogP contribution >= 0.6 is 0 Å². The highest BCUT2D eigenvalue weighted by Crippen LogP contribution is 2.31. The lowest BCUT2D eigenvalue weighted by atomic mass is 9.82. The van der Waals surface area contributed by atoms with Crippen LogP contribution in [0.4, 0.5) is 0 Å². The van der Waals surface area contributed by atoms with Crippen molar-refractivity contribution in [1.82, 2.24) is 0 Å². The van der Waals surface area contributed by atoms with E-state index in [4.69, 9.17) is 0 Å². The van der Waals surface area contributed by atoms with Crippen LogP contribution < -0.4 is 0 Å². The van der Waals surface area contributed by atoms with E-state index in [0.717, 1.165) is 5.57 Å². The van der Waals surface area contributed by atoms with Gasteiger partial charge in [0.05, 0.1) is 0 Å². The molecule has 1 unspecified atom stereocenters. The van der Waals surface area contributed by atoms with Crippen LogP contribution in [0, 0.1) is 5.92 Å². The minimum absolute atomic E-state index is 0.660. The summed E-state index contributed by atoms with van der Waals surface area (Å²) in [4.78, 5) is 0. The van der Waals surface area contributed by atoms with Gasteiger partial charge in [0.25, 0.3) is 0 Å². The second-order valence-electron chi connectivity index (χ2n) is 3.83. The van der Waals surface area contributed by atoms with Gasteiger partial charge in [-0.25, -0.2) is 0 Å². The Balaban J connectivity index is 2.61. The fraction of sp³-hybridized carbons (Fsp3) is 0.500. The third-order valence-electron chi connectivity index (χ3n) is 2.62. The lowest BCUT2D eigenvalue weighted by molar-refractivity contribution is 0.541. The Morgan fingerprint density at radius 2 is 2.17 bits per heavy atom. The topological polar surface area (TPSA) is 0 Å². The van der Waals surface area contributed by atoms with E-state index in [0.29, 0.717) is 5.92 Å². The van der Waals surface area contributed by atoms with E-state index in [-0.39, 0.29) is 0 Å². The molecule has 0 aliphatic heterocycles. The van der Waals surface area contributed by atoms with Gasteiger partial charge in [-0.15, -0.1) is 0 Å². The molecule has 0 aromatic heterocycles. The summed E-state index contributed by atoms with van der Waals surface area (Å²) < 4.78 is 0. The standard InChI is InChI=1S/C12H18/c1-9(2)11(4)12-7-5-6-10(3)8-12/h6,12H,1,4-5,7-8H2,2-3H3. The SMILES string of the molecule is C=C(C)C(=C)C1CCC=C(C)C1. The normalized spacial score (nSPS) is 23.2. The maximum atomic E-state index is 4.09. The Labute approximate surface area is 75.7 Å². The van der Waals surface area contributed by atoms with Gasteiger partial charge in [0, 0.05) is 0 Å². The first-order valence-corrected chi connectivity index (χ1v) is 4.61. The fourth-order valence-corrected chi connectivity index (χ4v) is 1.75. The van der Waals surface area contributed by atoms with Crippen molar-refractivity contribution in [2.24, 2.45) is 5.92 Å². The summed E-state index contributed by atoms with van der Waals surface area (Å²) in [5.74, 6) is 0.660. The third-order valence-corrected chi connectivity index (χ3v) is 2.62. The molecular formula is C12H18. The first-order valence-electron chi connectivity index (χ1n) is 4.61. The van der Waals surface area contributed by atoms with Gasteiger partial charge in [0.1, 0.15) is 0 Å². The molecule has 0 bridgehead atoms. The van der Waals surface area contributed by atoms with Gasteiger partial charge in [-0.3, -0.25) is 0 Å². The van der Waals surface area contributed by atoms with Gasteiger partial charge in [-0.05, 0) is 44.6 Å². The molecule has 0 heteroatoms. The van der Waals surface area contributed by atoms with Crippen molar-refractivity contribution in [3.63, 3.8) is 0 Å².